The maximum Gasteiger partial charge on any atom is 0.265 e. The van der Waals surface area contributed by atoms with Crippen LogP contribution >= 0.6 is 17.9 Å². The Hall–Kier alpha value is -0.840. The summed E-state index contributed by atoms with van der Waals surface area (Å²) in [5.74, 6) is 0. The van der Waals surface area contributed by atoms with Crippen LogP contribution in [-0.4, -0.2) is 4.89 Å². The predicted molar refractivity (Wildman–Crippen MR) is 81.6 cm³/mol. The molecule has 0 saturated carbocycles. The second-order valence-corrected chi connectivity index (χ2v) is 8.61. The lowest BCUT2D eigenvalue weighted by molar-refractivity contribution is 0.326. The van der Waals surface area contributed by atoms with Gasteiger partial charge in [-0.05, 0) is 36.1 Å². The largest absolute Gasteiger partial charge is 0.336 e. The highest BCUT2D eigenvalue weighted by molar-refractivity contribution is 8.59. The van der Waals surface area contributed by atoms with E-state index in [4.69, 9.17) is 16.4 Å². The molecule has 0 saturated heterocycles. The Morgan fingerprint density at radius 1 is 0.944 bits per heavy atom. The molecule has 0 aliphatic rings. The van der Waals surface area contributed by atoms with E-state index < -0.39 is 5.69 Å². The van der Waals surface area contributed by atoms with Crippen LogP contribution in [0.25, 0.3) is 0 Å². The van der Waals surface area contributed by atoms with Gasteiger partial charge in [0.2, 0.25) is 0 Å². The molecule has 2 aromatic rings. The van der Waals surface area contributed by atoms with Gasteiger partial charge in [0.05, 0.1) is 11.4 Å². The number of thiol groups is 1. The molecular weight excluding hydrogens is 285 g/mol. The van der Waals surface area contributed by atoms with Crippen LogP contribution in [0.1, 0.15) is 0 Å². The van der Waals surface area contributed by atoms with E-state index in [1.165, 1.54) is 5.06 Å². The summed E-state index contributed by atoms with van der Waals surface area (Å²) in [6.07, 6.45) is 0. The normalized spacial score (nSPS) is 13.9. The lowest BCUT2D eigenvalue weighted by Gasteiger charge is -2.25. The SMILES string of the molecule is OP(=S)(S)ON(c1ccccc1)c1ccccc1. The van der Waals surface area contributed by atoms with Crippen molar-refractivity contribution in [3.8, 4) is 0 Å². The molecule has 1 unspecified atom stereocenters. The van der Waals surface area contributed by atoms with Crippen LogP contribution in [0, 0.1) is 0 Å². The first kappa shape index (κ1) is 13.6. The third kappa shape index (κ3) is 3.83. The fraction of sp³-hybridized carbons (Fsp3) is 0. The average Bonchev–Trinajstić information content (AvgIpc) is 2.37. The quantitative estimate of drug-likeness (QED) is 0.509. The molecule has 0 fully saturated rings. The van der Waals surface area contributed by atoms with Gasteiger partial charge >= 0.3 is 0 Å². The Kier molecular flexibility index (Phi) is 4.43. The molecule has 1 N–H and O–H groups in total. The lowest BCUT2D eigenvalue weighted by Crippen LogP contribution is -2.14. The molecule has 0 aliphatic carbocycles. The number of rotatable bonds is 4. The minimum atomic E-state index is -3.10. The van der Waals surface area contributed by atoms with E-state index in [9.17, 15) is 4.89 Å². The average molecular weight is 297 g/mol. The number of benzene rings is 2. The van der Waals surface area contributed by atoms with Crippen molar-refractivity contribution < 1.29 is 9.52 Å². The summed E-state index contributed by atoms with van der Waals surface area (Å²) >= 11 is 8.74. The Morgan fingerprint density at radius 2 is 1.33 bits per heavy atom. The molecule has 0 bridgehead atoms. The van der Waals surface area contributed by atoms with Gasteiger partial charge in [-0.1, -0.05) is 48.6 Å². The Morgan fingerprint density at radius 3 is 1.67 bits per heavy atom. The third-order valence-electron chi connectivity index (χ3n) is 2.17. The summed E-state index contributed by atoms with van der Waals surface area (Å²) in [5.41, 5.74) is -1.54. The number of anilines is 2. The number of hydrogen-bond acceptors (Lipinski definition) is 3. The minimum absolute atomic E-state index is 0.779. The summed E-state index contributed by atoms with van der Waals surface area (Å²) in [4.78, 5) is 9.64. The second kappa shape index (κ2) is 5.87. The maximum absolute atomic E-state index is 9.64. The van der Waals surface area contributed by atoms with E-state index in [1.807, 2.05) is 60.7 Å². The van der Waals surface area contributed by atoms with E-state index in [0.717, 1.165) is 11.4 Å². The Labute approximate surface area is 116 Å². The molecule has 2 aromatic carbocycles. The van der Waals surface area contributed by atoms with E-state index in [-0.39, 0.29) is 0 Å². The molecule has 0 amide bonds. The molecule has 0 aromatic heterocycles. The van der Waals surface area contributed by atoms with Crippen LogP contribution in [0.4, 0.5) is 11.4 Å². The maximum atomic E-state index is 9.64. The summed E-state index contributed by atoms with van der Waals surface area (Å²) in [6, 6.07) is 18.8. The van der Waals surface area contributed by atoms with Gasteiger partial charge in [-0.15, -0.1) is 0 Å². The summed E-state index contributed by atoms with van der Waals surface area (Å²) < 4.78 is 5.39. The first-order valence-electron chi connectivity index (χ1n) is 5.22. The van der Waals surface area contributed by atoms with Crippen molar-refractivity contribution in [2.45, 2.75) is 0 Å². The second-order valence-electron chi connectivity index (χ2n) is 3.54. The van der Waals surface area contributed by atoms with Crippen molar-refractivity contribution in [2.75, 3.05) is 5.06 Å². The molecule has 0 aliphatic heterocycles. The highest BCUT2D eigenvalue weighted by Gasteiger charge is 2.17. The molecule has 0 spiro atoms. The molecule has 94 valence electrons. The first-order chi connectivity index (χ1) is 8.56. The van der Waals surface area contributed by atoms with Crippen molar-refractivity contribution in [1.29, 1.82) is 0 Å². The van der Waals surface area contributed by atoms with E-state index >= 15 is 0 Å². The van der Waals surface area contributed by atoms with Crippen molar-refractivity contribution in [3.63, 3.8) is 0 Å². The number of hydrogen-bond donors (Lipinski definition) is 2. The van der Waals surface area contributed by atoms with Gasteiger partial charge in [0.1, 0.15) is 0 Å². The van der Waals surface area contributed by atoms with Crippen LogP contribution in [0.3, 0.4) is 0 Å². The minimum Gasteiger partial charge on any atom is -0.336 e. The zero-order valence-electron chi connectivity index (χ0n) is 9.38. The molecule has 0 heterocycles. The molecular formula is C12H12NO2PS2. The number of nitrogens with zero attached hydrogens (tertiary/aromatic N) is 1. The zero-order chi connectivity index (χ0) is 13.0. The zero-order valence-corrected chi connectivity index (χ0v) is 12.0. The van der Waals surface area contributed by atoms with E-state index in [2.05, 4.69) is 12.2 Å². The van der Waals surface area contributed by atoms with Crippen molar-refractivity contribution in [1.82, 2.24) is 0 Å². The molecule has 18 heavy (non-hydrogen) atoms. The fourth-order valence-electron chi connectivity index (χ4n) is 1.48. The van der Waals surface area contributed by atoms with Gasteiger partial charge in [0.15, 0.2) is 0 Å². The highest BCUT2D eigenvalue weighted by atomic mass is 32.9. The molecule has 6 heteroatoms. The molecule has 0 radical (unpaired) electrons. The van der Waals surface area contributed by atoms with Gasteiger partial charge < -0.3 is 4.89 Å². The van der Waals surface area contributed by atoms with Crippen LogP contribution in [0.5, 0.6) is 0 Å². The van der Waals surface area contributed by atoms with Crippen molar-refractivity contribution >= 4 is 41.1 Å². The molecule has 3 nitrogen and oxygen atoms in total. The van der Waals surface area contributed by atoms with Crippen LogP contribution < -0.4 is 5.06 Å². The van der Waals surface area contributed by atoms with Crippen molar-refractivity contribution in [2.24, 2.45) is 0 Å². The predicted octanol–water partition coefficient (Wildman–Crippen LogP) is 3.90. The van der Waals surface area contributed by atoms with Gasteiger partial charge in [-0.25, -0.2) is 5.06 Å². The monoisotopic (exact) mass is 297 g/mol. The van der Waals surface area contributed by atoms with Gasteiger partial charge in [-0.2, -0.15) is 4.62 Å². The van der Waals surface area contributed by atoms with Gasteiger partial charge in [0, 0.05) is 0 Å². The molecule has 1 atom stereocenters. The van der Waals surface area contributed by atoms with Crippen LogP contribution in [-0.2, 0) is 16.4 Å². The molecule has 2 rings (SSSR count). The number of para-hydroxylation sites is 2. The lowest BCUT2D eigenvalue weighted by atomic mass is 10.2. The van der Waals surface area contributed by atoms with E-state index in [1.54, 1.807) is 0 Å². The first-order valence-corrected chi connectivity index (χ1v) is 9.04. The Balaban J connectivity index is 2.39. The fourth-order valence-corrected chi connectivity index (χ4v) is 2.30. The third-order valence-corrected chi connectivity index (χ3v) is 2.96. The van der Waals surface area contributed by atoms with Crippen molar-refractivity contribution in [3.05, 3.63) is 60.7 Å². The topological polar surface area (TPSA) is 32.7 Å². The van der Waals surface area contributed by atoms with E-state index in [0.29, 0.717) is 0 Å². The van der Waals surface area contributed by atoms with Crippen LogP contribution in [0.2, 0.25) is 0 Å². The van der Waals surface area contributed by atoms with Gasteiger partial charge in [0.25, 0.3) is 5.69 Å². The van der Waals surface area contributed by atoms with Gasteiger partial charge in [-0.3, -0.25) is 0 Å². The smallest absolute Gasteiger partial charge is 0.265 e. The highest BCUT2D eigenvalue weighted by Crippen LogP contribution is 2.50. The summed E-state index contributed by atoms with van der Waals surface area (Å²) in [7, 11) is 0. The Bertz CT molecular complexity index is 505. The standard InChI is InChI=1S/C12H12NO2PS2/c14-16(17,18)15-13(11-7-3-1-4-8-11)12-9-5-2-6-10-12/h1-10H,(H2,14,17,18). The summed E-state index contributed by atoms with van der Waals surface area (Å²) in [5, 5.41) is 1.49. The van der Waals surface area contributed by atoms with Crippen LogP contribution in [0.15, 0.2) is 60.7 Å². The summed E-state index contributed by atoms with van der Waals surface area (Å²) in [6.45, 7) is 0.